The number of carbonyl (C=O) groups is 2. The standard InChI is InChI=1S/C29H22BrClN2O5/c1-36-27-15-20(7-14-26(27)38-29(35)22-3-2-4-23(30)16-22)17-32-33-28(34)21-8-12-25(13-9-21)37-18-19-5-10-24(31)11-6-19/h2-17H,18H2,1H3,(H,33,34)/b32-17+. The Bertz CT molecular complexity index is 1460. The van der Waals surface area contributed by atoms with Crippen molar-refractivity contribution in [2.24, 2.45) is 5.10 Å². The van der Waals surface area contributed by atoms with Crippen LogP contribution in [0.15, 0.2) is 101 Å². The van der Waals surface area contributed by atoms with Crippen molar-refractivity contribution in [3.8, 4) is 17.2 Å². The number of ether oxygens (including phenoxy) is 3. The molecule has 0 aromatic heterocycles. The highest BCUT2D eigenvalue weighted by molar-refractivity contribution is 9.10. The van der Waals surface area contributed by atoms with Crippen LogP contribution in [0, 0.1) is 0 Å². The lowest BCUT2D eigenvalue weighted by Crippen LogP contribution is -2.17. The van der Waals surface area contributed by atoms with E-state index in [2.05, 4.69) is 26.5 Å². The van der Waals surface area contributed by atoms with Gasteiger partial charge in [-0.25, -0.2) is 10.2 Å². The molecule has 4 rings (SSSR count). The second-order valence-corrected chi connectivity index (χ2v) is 9.30. The van der Waals surface area contributed by atoms with E-state index in [0.29, 0.717) is 39.8 Å². The first-order chi connectivity index (χ1) is 18.4. The van der Waals surface area contributed by atoms with Gasteiger partial charge in [-0.05, 0) is 83.9 Å². The van der Waals surface area contributed by atoms with Gasteiger partial charge < -0.3 is 14.2 Å². The number of carbonyl (C=O) groups excluding carboxylic acids is 2. The Morgan fingerprint density at radius 3 is 2.39 bits per heavy atom. The van der Waals surface area contributed by atoms with Crippen LogP contribution in [-0.2, 0) is 6.61 Å². The Balaban J connectivity index is 1.32. The van der Waals surface area contributed by atoms with Crippen molar-refractivity contribution in [1.29, 1.82) is 0 Å². The van der Waals surface area contributed by atoms with Gasteiger partial charge in [-0.1, -0.05) is 45.7 Å². The summed E-state index contributed by atoms with van der Waals surface area (Å²) in [6, 6.07) is 25.9. The van der Waals surface area contributed by atoms with Gasteiger partial charge in [0, 0.05) is 15.1 Å². The molecule has 38 heavy (non-hydrogen) atoms. The summed E-state index contributed by atoms with van der Waals surface area (Å²) in [5.41, 5.74) is 4.93. The molecule has 0 saturated carbocycles. The molecule has 9 heteroatoms. The summed E-state index contributed by atoms with van der Waals surface area (Å²) >= 11 is 9.23. The quantitative estimate of drug-likeness (QED) is 0.101. The molecule has 0 aliphatic heterocycles. The molecular weight excluding hydrogens is 572 g/mol. The first-order valence-corrected chi connectivity index (χ1v) is 12.5. The zero-order valence-corrected chi connectivity index (χ0v) is 22.5. The first kappa shape index (κ1) is 26.9. The maximum atomic E-state index is 12.5. The van der Waals surface area contributed by atoms with E-state index in [1.165, 1.54) is 13.3 Å². The second-order valence-electron chi connectivity index (χ2n) is 7.95. The third-order valence-corrected chi connectivity index (χ3v) is 6.01. The van der Waals surface area contributed by atoms with E-state index in [-0.39, 0.29) is 11.7 Å². The smallest absolute Gasteiger partial charge is 0.343 e. The molecule has 1 N–H and O–H groups in total. The molecule has 192 valence electrons. The Kier molecular flexibility index (Phi) is 9.13. The number of nitrogens with one attached hydrogen (secondary N) is 1. The maximum Gasteiger partial charge on any atom is 0.343 e. The van der Waals surface area contributed by atoms with Crippen LogP contribution in [-0.4, -0.2) is 25.2 Å². The minimum Gasteiger partial charge on any atom is -0.493 e. The summed E-state index contributed by atoms with van der Waals surface area (Å²) < 4.78 is 17.3. The Morgan fingerprint density at radius 2 is 1.68 bits per heavy atom. The topological polar surface area (TPSA) is 86.2 Å². The lowest BCUT2D eigenvalue weighted by molar-refractivity contribution is 0.0729. The average molecular weight is 594 g/mol. The zero-order chi connectivity index (χ0) is 26.9. The Hall–Kier alpha value is -4.14. The summed E-state index contributed by atoms with van der Waals surface area (Å²) in [7, 11) is 1.47. The molecule has 0 atom stereocenters. The summed E-state index contributed by atoms with van der Waals surface area (Å²) in [4.78, 5) is 24.9. The van der Waals surface area contributed by atoms with Gasteiger partial charge in [0.1, 0.15) is 12.4 Å². The SMILES string of the molecule is COc1cc(/C=N/NC(=O)c2ccc(OCc3ccc(Cl)cc3)cc2)ccc1OC(=O)c1cccc(Br)c1. The highest BCUT2D eigenvalue weighted by Crippen LogP contribution is 2.28. The van der Waals surface area contributed by atoms with E-state index >= 15 is 0 Å². The highest BCUT2D eigenvalue weighted by atomic mass is 79.9. The number of hydrogen-bond donors (Lipinski definition) is 1. The van der Waals surface area contributed by atoms with Crippen molar-refractivity contribution in [3.05, 3.63) is 123 Å². The fourth-order valence-electron chi connectivity index (χ4n) is 3.30. The van der Waals surface area contributed by atoms with Crippen LogP contribution in [0.1, 0.15) is 31.8 Å². The average Bonchev–Trinajstić information content (AvgIpc) is 2.93. The van der Waals surface area contributed by atoms with E-state index in [1.807, 2.05) is 18.2 Å². The van der Waals surface area contributed by atoms with Gasteiger partial charge in [-0.3, -0.25) is 4.79 Å². The molecule has 0 fully saturated rings. The van der Waals surface area contributed by atoms with Crippen LogP contribution < -0.4 is 19.6 Å². The van der Waals surface area contributed by atoms with Crippen molar-refractivity contribution >= 4 is 45.6 Å². The number of methoxy groups -OCH3 is 1. The van der Waals surface area contributed by atoms with Crippen LogP contribution >= 0.6 is 27.5 Å². The molecule has 4 aromatic carbocycles. The normalized spacial score (nSPS) is 10.7. The van der Waals surface area contributed by atoms with Gasteiger partial charge in [0.2, 0.25) is 0 Å². The summed E-state index contributed by atoms with van der Waals surface area (Å²) in [5.74, 6) is 0.347. The number of nitrogens with zero attached hydrogens (tertiary/aromatic N) is 1. The van der Waals surface area contributed by atoms with Gasteiger partial charge in [0.15, 0.2) is 11.5 Å². The van der Waals surface area contributed by atoms with E-state index in [4.69, 9.17) is 25.8 Å². The van der Waals surface area contributed by atoms with Crippen LogP contribution in [0.3, 0.4) is 0 Å². The van der Waals surface area contributed by atoms with E-state index in [9.17, 15) is 9.59 Å². The van der Waals surface area contributed by atoms with Gasteiger partial charge >= 0.3 is 5.97 Å². The molecule has 0 saturated heterocycles. The van der Waals surface area contributed by atoms with Gasteiger partial charge in [-0.15, -0.1) is 0 Å². The second kappa shape index (κ2) is 12.9. The van der Waals surface area contributed by atoms with Crippen molar-refractivity contribution in [3.63, 3.8) is 0 Å². The van der Waals surface area contributed by atoms with Crippen LogP contribution in [0.4, 0.5) is 0 Å². The molecule has 4 aromatic rings. The Morgan fingerprint density at radius 1 is 0.921 bits per heavy atom. The van der Waals surface area contributed by atoms with E-state index < -0.39 is 5.97 Å². The third-order valence-electron chi connectivity index (χ3n) is 5.27. The molecule has 0 bridgehead atoms. The van der Waals surface area contributed by atoms with Crippen molar-refractivity contribution in [2.45, 2.75) is 6.61 Å². The third kappa shape index (κ3) is 7.44. The van der Waals surface area contributed by atoms with Crippen molar-refractivity contribution in [2.75, 3.05) is 7.11 Å². The minimum absolute atomic E-state index is 0.261. The fourth-order valence-corrected chi connectivity index (χ4v) is 3.83. The number of halogens is 2. The summed E-state index contributed by atoms with van der Waals surface area (Å²) in [6.45, 7) is 0.387. The number of hydrogen-bond acceptors (Lipinski definition) is 6. The number of esters is 1. The Labute approximate surface area is 233 Å². The molecule has 0 aliphatic rings. The largest absolute Gasteiger partial charge is 0.493 e. The fraction of sp³-hybridized carbons (Fsp3) is 0.0690. The molecular formula is C29H22BrClN2O5. The zero-order valence-electron chi connectivity index (χ0n) is 20.2. The molecule has 0 radical (unpaired) electrons. The van der Waals surface area contributed by atoms with Crippen molar-refractivity contribution < 1.29 is 23.8 Å². The number of benzene rings is 4. The van der Waals surface area contributed by atoms with Crippen LogP contribution in [0.2, 0.25) is 5.02 Å². The molecule has 7 nitrogen and oxygen atoms in total. The molecule has 0 aliphatic carbocycles. The number of amides is 1. The van der Waals surface area contributed by atoms with Crippen LogP contribution in [0.25, 0.3) is 0 Å². The summed E-state index contributed by atoms with van der Waals surface area (Å²) in [5, 5.41) is 4.68. The predicted molar refractivity (Wildman–Crippen MR) is 149 cm³/mol. The monoisotopic (exact) mass is 592 g/mol. The van der Waals surface area contributed by atoms with Gasteiger partial charge in [0.25, 0.3) is 5.91 Å². The lowest BCUT2D eigenvalue weighted by atomic mass is 10.2. The van der Waals surface area contributed by atoms with Crippen LogP contribution in [0.5, 0.6) is 17.2 Å². The highest BCUT2D eigenvalue weighted by Gasteiger charge is 2.13. The molecule has 1 amide bonds. The van der Waals surface area contributed by atoms with Gasteiger partial charge in [0.05, 0.1) is 18.9 Å². The molecule has 0 heterocycles. The van der Waals surface area contributed by atoms with Gasteiger partial charge in [-0.2, -0.15) is 5.10 Å². The number of rotatable bonds is 9. The number of hydrazone groups is 1. The predicted octanol–water partition coefficient (Wildman–Crippen LogP) is 6.67. The molecule has 0 spiro atoms. The molecule has 0 unspecified atom stereocenters. The van der Waals surface area contributed by atoms with Crippen molar-refractivity contribution in [1.82, 2.24) is 5.43 Å². The minimum atomic E-state index is -0.514. The maximum absolute atomic E-state index is 12.5. The summed E-state index contributed by atoms with van der Waals surface area (Å²) in [6.07, 6.45) is 1.46. The van der Waals surface area contributed by atoms with E-state index in [1.54, 1.807) is 72.8 Å². The lowest BCUT2D eigenvalue weighted by Gasteiger charge is -2.10. The van der Waals surface area contributed by atoms with E-state index in [0.717, 1.165) is 10.0 Å². The first-order valence-electron chi connectivity index (χ1n) is 11.4.